The topological polar surface area (TPSA) is 72.9 Å². The van der Waals surface area contributed by atoms with E-state index in [9.17, 15) is 4.79 Å². The van der Waals surface area contributed by atoms with E-state index in [1.807, 2.05) is 31.3 Å². The van der Waals surface area contributed by atoms with Gasteiger partial charge in [-0.25, -0.2) is 4.52 Å². The molecular formula is C14H19ClN4O2. The van der Waals surface area contributed by atoms with Crippen molar-refractivity contribution < 1.29 is 9.53 Å². The Morgan fingerprint density at radius 3 is 3.10 bits per heavy atom. The number of hydrogen-bond donors (Lipinski definition) is 1. The maximum Gasteiger partial charge on any atom is 0.274 e. The monoisotopic (exact) mass is 310 g/mol. The Bertz CT molecular complexity index is 643. The van der Waals surface area contributed by atoms with Crippen LogP contribution in [0.3, 0.4) is 0 Å². The van der Waals surface area contributed by atoms with Crippen molar-refractivity contribution in [3.8, 4) is 0 Å². The highest BCUT2D eigenvalue weighted by Gasteiger charge is 2.25. The first kappa shape index (κ1) is 15.8. The van der Waals surface area contributed by atoms with E-state index >= 15 is 0 Å². The molecule has 0 aliphatic carbocycles. The van der Waals surface area contributed by atoms with Crippen LogP contribution in [-0.2, 0) is 4.74 Å². The van der Waals surface area contributed by atoms with Gasteiger partial charge in [0.15, 0.2) is 5.69 Å². The van der Waals surface area contributed by atoms with E-state index in [2.05, 4.69) is 5.10 Å². The zero-order valence-electron chi connectivity index (χ0n) is 11.9. The van der Waals surface area contributed by atoms with Crippen LogP contribution in [-0.4, -0.2) is 52.8 Å². The quantitative estimate of drug-likeness (QED) is 0.893. The third kappa shape index (κ3) is 3.18. The second-order valence-corrected chi connectivity index (χ2v) is 5.08. The lowest BCUT2D eigenvalue weighted by atomic mass is 10.2. The molecule has 7 heteroatoms. The Kier molecular flexibility index (Phi) is 4.82. The molecule has 1 atom stereocenters. The third-order valence-electron chi connectivity index (χ3n) is 3.53. The van der Waals surface area contributed by atoms with Gasteiger partial charge in [0, 0.05) is 25.8 Å². The SMILES string of the molecule is Cc1ccn2nc(C(=O)N3CCOC(CN)C3)cc2c1.Cl. The standard InChI is InChI=1S/C14H18N4O2.ClH/c1-10-2-3-18-11(6-10)7-13(16-18)14(19)17-4-5-20-12(8-15)9-17;/h2-3,6-7,12H,4-5,8-9,15H2,1H3;1H. The summed E-state index contributed by atoms with van der Waals surface area (Å²) in [6, 6.07) is 5.79. The molecule has 0 aromatic carbocycles. The molecular weight excluding hydrogens is 292 g/mol. The Labute approximate surface area is 129 Å². The molecule has 2 N–H and O–H groups in total. The molecule has 114 valence electrons. The van der Waals surface area contributed by atoms with E-state index in [1.54, 1.807) is 9.42 Å². The van der Waals surface area contributed by atoms with Crippen LogP contribution in [0.1, 0.15) is 16.1 Å². The van der Waals surface area contributed by atoms with Crippen LogP contribution in [0.5, 0.6) is 0 Å². The summed E-state index contributed by atoms with van der Waals surface area (Å²) in [6.07, 6.45) is 1.79. The van der Waals surface area contributed by atoms with Gasteiger partial charge in [-0.15, -0.1) is 12.4 Å². The highest BCUT2D eigenvalue weighted by molar-refractivity contribution is 5.93. The van der Waals surface area contributed by atoms with Gasteiger partial charge in [-0.2, -0.15) is 5.10 Å². The molecule has 6 nitrogen and oxygen atoms in total. The number of pyridine rings is 1. The van der Waals surface area contributed by atoms with Gasteiger partial charge in [-0.05, 0) is 30.7 Å². The molecule has 1 amide bonds. The predicted molar refractivity (Wildman–Crippen MR) is 81.9 cm³/mol. The Hall–Kier alpha value is -1.63. The summed E-state index contributed by atoms with van der Waals surface area (Å²) in [6.45, 7) is 4.08. The molecule has 2 aromatic rings. The van der Waals surface area contributed by atoms with Crippen molar-refractivity contribution in [2.45, 2.75) is 13.0 Å². The lowest BCUT2D eigenvalue weighted by Crippen LogP contribution is -2.48. The first-order chi connectivity index (χ1) is 9.67. The number of ether oxygens (including phenoxy) is 1. The van der Waals surface area contributed by atoms with Crippen molar-refractivity contribution in [1.82, 2.24) is 14.5 Å². The molecule has 1 fully saturated rings. The molecule has 0 spiro atoms. The molecule has 2 aromatic heterocycles. The van der Waals surface area contributed by atoms with Crippen LogP contribution in [0.2, 0.25) is 0 Å². The van der Waals surface area contributed by atoms with Crippen LogP contribution >= 0.6 is 12.4 Å². The van der Waals surface area contributed by atoms with Gasteiger partial charge in [0.2, 0.25) is 0 Å². The highest BCUT2D eigenvalue weighted by Crippen LogP contribution is 2.13. The van der Waals surface area contributed by atoms with Gasteiger partial charge < -0.3 is 15.4 Å². The number of halogens is 1. The number of aryl methyl sites for hydroxylation is 1. The minimum atomic E-state index is -0.0769. The summed E-state index contributed by atoms with van der Waals surface area (Å²) >= 11 is 0. The van der Waals surface area contributed by atoms with Crippen LogP contribution < -0.4 is 5.73 Å². The third-order valence-corrected chi connectivity index (χ3v) is 3.53. The number of morpholine rings is 1. The van der Waals surface area contributed by atoms with Gasteiger partial charge in [-0.3, -0.25) is 4.79 Å². The van der Waals surface area contributed by atoms with Crippen molar-refractivity contribution >= 4 is 23.8 Å². The fourth-order valence-corrected chi connectivity index (χ4v) is 2.42. The van der Waals surface area contributed by atoms with Gasteiger partial charge >= 0.3 is 0 Å². The summed E-state index contributed by atoms with van der Waals surface area (Å²) in [4.78, 5) is 14.2. The maximum absolute atomic E-state index is 12.5. The summed E-state index contributed by atoms with van der Waals surface area (Å²) < 4.78 is 7.20. The van der Waals surface area contributed by atoms with Crippen molar-refractivity contribution in [3.05, 3.63) is 35.7 Å². The van der Waals surface area contributed by atoms with E-state index in [4.69, 9.17) is 10.5 Å². The largest absolute Gasteiger partial charge is 0.373 e. The van der Waals surface area contributed by atoms with Gasteiger partial charge in [-0.1, -0.05) is 0 Å². The fraction of sp³-hybridized carbons (Fsp3) is 0.429. The first-order valence-corrected chi connectivity index (χ1v) is 6.74. The first-order valence-electron chi connectivity index (χ1n) is 6.74. The molecule has 3 heterocycles. The van der Waals surface area contributed by atoms with E-state index in [0.29, 0.717) is 31.9 Å². The molecule has 0 radical (unpaired) electrons. The molecule has 0 saturated carbocycles. The van der Waals surface area contributed by atoms with Gasteiger partial charge in [0.1, 0.15) is 0 Å². The number of aromatic nitrogens is 2. The number of rotatable bonds is 2. The van der Waals surface area contributed by atoms with Crippen LogP contribution in [0.15, 0.2) is 24.4 Å². The molecule has 0 bridgehead atoms. The smallest absolute Gasteiger partial charge is 0.274 e. The predicted octanol–water partition coefficient (Wildman–Crippen LogP) is 0.864. The van der Waals surface area contributed by atoms with Crippen molar-refractivity contribution in [1.29, 1.82) is 0 Å². The summed E-state index contributed by atoms with van der Waals surface area (Å²) in [5, 5.41) is 4.33. The Morgan fingerprint density at radius 1 is 1.52 bits per heavy atom. The minimum absolute atomic E-state index is 0. The van der Waals surface area contributed by atoms with Crippen LogP contribution in [0, 0.1) is 6.92 Å². The van der Waals surface area contributed by atoms with E-state index in [0.717, 1.165) is 11.1 Å². The van der Waals surface area contributed by atoms with Gasteiger partial charge in [0.05, 0.1) is 18.2 Å². The van der Waals surface area contributed by atoms with Crippen molar-refractivity contribution in [2.75, 3.05) is 26.2 Å². The van der Waals surface area contributed by atoms with Crippen LogP contribution in [0.4, 0.5) is 0 Å². The van der Waals surface area contributed by atoms with Gasteiger partial charge in [0.25, 0.3) is 5.91 Å². The lowest BCUT2D eigenvalue weighted by Gasteiger charge is -2.31. The molecule has 1 aliphatic rings. The number of nitrogens with zero attached hydrogens (tertiary/aromatic N) is 3. The molecule has 1 aliphatic heterocycles. The number of hydrogen-bond acceptors (Lipinski definition) is 4. The number of amides is 1. The Balaban J connectivity index is 0.00000161. The zero-order valence-corrected chi connectivity index (χ0v) is 12.7. The number of fused-ring (bicyclic) bond motifs is 1. The fourth-order valence-electron chi connectivity index (χ4n) is 2.42. The molecule has 1 saturated heterocycles. The highest BCUT2D eigenvalue weighted by atomic mass is 35.5. The average molecular weight is 311 g/mol. The summed E-state index contributed by atoms with van der Waals surface area (Å²) in [7, 11) is 0. The van der Waals surface area contributed by atoms with E-state index in [1.165, 1.54) is 0 Å². The maximum atomic E-state index is 12.5. The normalized spacial score (nSPS) is 18.6. The van der Waals surface area contributed by atoms with E-state index in [-0.39, 0.29) is 24.4 Å². The van der Waals surface area contributed by atoms with Crippen LogP contribution in [0.25, 0.3) is 5.52 Å². The zero-order chi connectivity index (χ0) is 14.1. The minimum Gasteiger partial charge on any atom is -0.373 e. The molecule has 1 unspecified atom stereocenters. The van der Waals surface area contributed by atoms with E-state index < -0.39 is 0 Å². The van der Waals surface area contributed by atoms with Crippen molar-refractivity contribution in [2.24, 2.45) is 5.73 Å². The second kappa shape index (κ2) is 6.43. The van der Waals surface area contributed by atoms with Crippen molar-refractivity contribution in [3.63, 3.8) is 0 Å². The summed E-state index contributed by atoms with van der Waals surface area (Å²) in [5.74, 6) is -0.0619. The number of carbonyl (C=O) groups is 1. The summed E-state index contributed by atoms with van der Waals surface area (Å²) in [5.41, 5.74) is 8.14. The number of carbonyl (C=O) groups excluding carboxylic acids is 1. The average Bonchev–Trinajstić information content (AvgIpc) is 2.89. The second-order valence-electron chi connectivity index (χ2n) is 5.08. The molecule has 21 heavy (non-hydrogen) atoms. The molecule has 3 rings (SSSR count). The number of nitrogens with two attached hydrogens (primary N) is 1. The lowest BCUT2D eigenvalue weighted by molar-refractivity contribution is -0.0169. The Morgan fingerprint density at radius 2 is 2.33 bits per heavy atom.